The molecule has 2 atom stereocenters. The Hall–Kier alpha value is -0.390. The van der Waals surface area contributed by atoms with Gasteiger partial charge in [0.15, 0.2) is 0 Å². The van der Waals surface area contributed by atoms with Crippen LogP contribution in [0.1, 0.15) is 11.6 Å². The minimum atomic E-state index is -0.442. The zero-order valence-corrected chi connectivity index (χ0v) is 10.9. The molecule has 6 heteroatoms. The third-order valence-electron chi connectivity index (χ3n) is 2.93. The molecule has 3 N–H and O–H groups in total. The van der Waals surface area contributed by atoms with Crippen LogP contribution in [0.2, 0.25) is 10.0 Å². The number of nitrogens with one attached hydrogen (secondary N) is 3. The van der Waals surface area contributed by atoms with Gasteiger partial charge in [0, 0.05) is 24.0 Å². The Morgan fingerprint density at radius 2 is 2.18 bits per heavy atom. The molecule has 1 heterocycles. The minimum Gasteiger partial charge on any atom is -0.319 e. The van der Waals surface area contributed by atoms with Gasteiger partial charge >= 0.3 is 0 Å². The van der Waals surface area contributed by atoms with E-state index >= 15 is 0 Å². The van der Waals surface area contributed by atoms with Crippen molar-refractivity contribution in [1.29, 1.82) is 0 Å². The van der Waals surface area contributed by atoms with Crippen LogP contribution >= 0.6 is 23.2 Å². The molecule has 17 heavy (non-hydrogen) atoms. The van der Waals surface area contributed by atoms with E-state index in [1.807, 2.05) is 7.05 Å². The molecule has 94 valence electrons. The number of rotatable bonds is 3. The van der Waals surface area contributed by atoms with Gasteiger partial charge in [-0.1, -0.05) is 23.2 Å². The molecule has 2 rings (SSSR count). The Morgan fingerprint density at radius 3 is 2.88 bits per heavy atom. The van der Waals surface area contributed by atoms with Gasteiger partial charge in [-0.2, -0.15) is 0 Å². The van der Waals surface area contributed by atoms with Gasteiger partial charge in [-0.3, -0.25) is 5.43 Å². The maximum atomic E-state index is 13.5. The lowest BCUT2D eigenvalue weighted by Gasteiger charge is -2.19. The third kappa shape index (κ3) is 2.72. The van der Waals surface area contributed by atoms with Gasteiger partial charge in [0.1, 0.15) is 5.82 Å². The molecule has 1 aliphatic rings. The van der Waals surface area contributed by atoms with E-state index in [1.165, 1.54) is 12.1 Å². The standard InChI is InChI=1S/C11H14Cl2FN3/c1-15-4-6-5-16-17-11(6)7-2-10(14)9(13)3-8(7)12/h2-3,6,11,15-17H,4-5H2,1H3. The molecular formula is C11H14Cl2FN3. The molecular weight excluding hydrogens is 264 g/mol. The van der Waals surface area contributed by atoms with Gasteiger partial charge < -0.3 is 5.32 Å². The summed E-state index contributed by atoms with van der Waals surface area (Å²) in [4.78, 5) is 0. The number of hydrazine groups is 1. The van der Waals surface area contributed by atoms with Crippen LogP contribution in [0.25, 0.3) is 0 Å². The largest absolute Gasteiger partial charge is 0.319 e. The predicted molar refractivity (Wildman–Crippen MR) is 67.7 cm³/mol. The molecule has 0 saturated carbocycles. The van der Waals surface area contributed by atoms with E-state index in [9.17, 15) is 4.39 Å². The van der Waals surface area contributed by atoms with Crippen molar-refractivity contribution in [2.75, 3.05) is 20.1 Å². The Balaban J connectivity index is 2.29. The van der Waals surface area contributed by atoms with Crippen LogP contribution in [0.15, 0.2) is 12.1 Å². The highest BCUT2D eigenvalue weighted by atomic mass is 35.5. The highest BCUT2D eigenvalue weighted by Gasteiger charge is 2.29. The summed E-state index contributed by atoms with van der Waals surface area (Å²) in [5.41, 5.74) is 6.91. The van der Waals surface area contributed by atoms with Crippen molar-refractivity contribution in [3.63, 3.8) is 0 Å². The van der Waals surface area contributed by atoms with E-state index in [1.54, 1.807) is 0 Å². The maximum Gasteiger partial charge on any atom is 0.142 e. The van der Waals surface area contributed by atoms with E-state index in [-0.39, 0.29) is 11.1 Å². The zero-order valence-electron chi connectivity index (χ0n) is 9.36. The SMILES string of the molecule is CNCC1CNNC1c1cc(F)c(Cl)cc1Cl. The normalized spacial score (nSPS) is 24.2. The lowest BCUT2D eigenvalue weighted by atomic mass is 9.95. The van der Waals surface area contributed by atoms with Gasteiger partial charge in [0.25, 0.3) is 0 Å². The second kappa shape index (κ2) is 5.50. The summed E-state index contributed by atoms with van der Waals surface area (Å²) in [7, 11) is 1.89. The average Bonchev–Trinajstić information content (AvgIpc) is 2.72. The number of halogens is 3. The molecule has 0 aliphatic carbocycles. The van der Waals surface area contributed by atoms with Crippen LogP contribution in [0.4, 0.5) is 4.39 Å². The van der Waals surface area contributed by atoms with Crippen molar-refractivity contribution < 1.29 is 4.39 Å². The zero-order chi connectivity index (χ0) is 12.4. The third-order valence-corrected chi connectivity index (χ3v) is 3.55. The molecule has 1 aliphatic heterocycles. The van der Waals surface area contributed by atoms with Crippen LogP contribution in [0.5, 0.6) is 0 Å². The quantitative estimate of drug-likeness (QED) is 0.741. The first-order chi connectivity index (χ1) is 8.13. The van der Waals surface area contributed by atoms with Gasteiger partial charge in [-0.05, 0) is 24.7 Å². The van der Waals surface area contributed by atoms with Crippen LogP contribution in [0, 0.1) is 11.7 Å². The molecule has 0 bridgehead atoms. The molecule has 1 aromatic rings. The summed E-state index contributed by atoms with van der Waals surface area (Å²) in [5, 5.41) is 3.65. The Labute approximate surface area is 110 Å². The number of hydrogen-bond acceptors (Lipinski definition) is 3. The van der Waals surface area contributed by atoms with E-state index < -0.39 is 5.82 Å². The van der Waals surface area contributed by atoms with Crippen LogP contribution < -0.4 is 16.2 Å². The van der Waals surface area contributed by atoms with Gasteiger partial charge in [-0.25, -0.2) is 9.82 Å². The molecule has 1 aromatic carbocycles. The molecule has 0 amide bonds. The first kappa shape index (κ1) is 13.1. The second-order valence-corrected chi connectivity index (χ2v) is 4.92. The van der Waals surface area contributed by atoms with Crippen molar-refractivity contribution in [2.45, 2.75) is 6.04 Å². The first-order valence-electron chi connectivity index (χ1n) is 5.41. The summed E-state index contributed by atoms with van der Waals surface area (Å²) >= 11 is 11.8. The highest BCUT2D eigenvalue weighted by molar-refractivity contribution is 6.35. The van der Waals surface area contributed by atoms with Gasteiger partial charge in [-0.15, -0.1) is 0 Å². The number of hydrogen-bond donors (Lipinski definition) is 3. The highest BCUT2D eigenvalue weighted by Crippen LogP contribution is 2.33. The van der Waals surface area contributed by atoms with Crippen molar-refractivity contribution >= 4 is 23.2 Å². The summed E-state index contributed by atoms with van der Waals surface area (Å²) in [6.45, 7) is 1.64. The average molecular weight is 278 g/mol. The fourth-order valence-electron chi connectivity index (χ4n) is 2.10. The molecule has 0 spiro atoms. The monoisotopic (exact) mass is 277 g/mol. The van der Waals surface area contributed by atoms with Crippen molar-refractivity contribution in [2.24, 2.45) is 5.92 Å². The summed E-state index contributed by atoms with van der Waals surface area (Å²) < 4.78 is 13.5. The summed E-state index contributed by atoms with van der Waals surface area (Å²) in [6, 6.07) is 2.84. The second-order valence-electron chi connectivity index (χ2n) is 4.11. The van der Waals surface area contributed by atoms with Crippen molar-refractivity contribution in [3.8, 4) is 0 Å². The van der Waals surface area contributed by atoms with E-state index in [2.05, 4.69) is 16.2 Å². The van der Waals surface area contributed by atoms with Gasteiger partial charge in [0.05, 0.1) is 11.1 Å². The van der Waals surface area contributed by atoms with E-state index in [4.69, 9.17) is 23.2 Å². The lowest BCUT2D eigenvalue weighted by Crippen LogP contribution is -2.27. The van der Waals surface area contributed by atoms with E-state index in [0.717, 1.165) is 18.7 Å². The first-order valence-corrected chi connectivity index (χ1v) is 6.16. The van der Waals surface area contributed by atoms with Crippen molar-refractivity contribution in [3.05, 3.63) is 33.6 Å². The minimum absolute atomic E-state index is 0.0123. The molecule has 2 unspecified atom stereocenters. The van der Waals surface area contributed by atoms with E-state index in [0.29, 0.717) is 10.9 Å². The van der Waals surface area contributed by atoms with Gasteiger partial charge in [0.2, 0.25) is 0 Å². The van der Waals surface area contributed by atoms with Crippen LogP contribution in [0.3, 0.4) is 0 Å². The van der Waals surface area contributed by atoms with Crippen LogP contribution in [-0.4, -0.2) is 20.1 Å². The number of benzene rings is 1. The topological polar surface area (TPSA) is 36.1 Å². The lowest BCUT2D eigenvalue weighted by molar-refractivity contribution is 0.455. The van der Waals surface area contributed by atoms with Crippen LogP contribution in [-0.2, 0) is 0 Å². The molecule has 0 aromatic heterocycles. The molecule has 0 radical (unpaired) electrons. The maximum absolute atomic E-state index is 13.5. The Kier molecular flexibility index (Phi) is 4.22. The summed E-state index contributed by atoms with van der Waals surface area (Å²) in [6.07, 6.45) is 0. The predicted octanol–water partition coefficient (Wildman–Crippen LogP) is 2.12. The Bertz CT molecular complexity index is 414. The molecule has 3 nitrogen and oxygen atoms in total. The smallest absolute Gasteiger partial charge is 0.142 e. The fraction of sp³-hybridized carbons (Fsp3) is 0.455. The van der Waals surface area contributed by atoms with Crippen molar-refractivity contribution in [1.82, 2.24) is 16.2 Å². The molecule has 1 fully saturated rings. The summed E-state index contributed by atoms with van der Waals surface area (Å²) in [5.74, 6) is -0.124. The fourth-order valence-corrected chi connectivity index (χ4v) is 2.60. The molecule has 1 saturated heterocycles. The Morgan fingerprint density at radius 1 is 1.41 bits per heavy atom.